The van der Waals surface area contributed by atoms with Crippen LogP contribution in [0.1, 0.15) is 61.8 Å². The molecule has 1 unspecified atom stereocenters. The van der Waals surface area contributed by atoms with E-state index in [0.29, 0.717) is 12.1 Å². The van der Waals surface area contributed by atoms with E-state index in [-0.39, 0.29) is 28.3 Å². The number of ketones is 1. The van der Waals surface area contributed by atoms with Gasteiger partial charge in [-0.15, -0.1) is 0 Å². The number of anilines is 1. The molecular formula is C21H35NO3S. The summed E-state index contributed by atoms with van der Waals surface area (Å²) in [4.78, 5) is 35.1. The number of hydrogen-bond acceptors (Lipinski definition) is 4. The first-order valence-electron chi connectivity index (χ1n) is 9.18. The molecule has 0 bridgehead atoms. The molecule has 26 heavy (non-hydrogen) atoms. The van der Waals surface area contributed by atoms with E-state index >= 15 is 0 Å². The van der Waals surface area contributed by atoms with Crippen LogP contribution in [0.5, 0.6) is 0 Å². The van der Waals surface area contributed by atoms with Crippen molar-refractivity contribution in [2.45, 2.75) is 66.6 Å². The van der Waals surface area contributed by atoms with E-state index in [1.165, 1.54) is 4.90 Å². The van der Waals surface area contributed by atoms with Crippen molar-refractivity contribution in [1.82, 2.24) is 0 Å². The van der Waals surface area contributed by atoms with Gasteiger partial charge in [0.25, 0.3) is 0 Å². The van der Waals surface area contributed by atoms with Gasteiger partial charge in [-0.1, -0.05) is 52.8 Å². The highest BCUT2D eigenvalue weighted by molar-refractivity contribution is 8.00. The van der Waals surface area contributed by atoms with Gasteiger partial charge in [-0.25, -0.2) is 0 Å². The highest BCUT2D eigenvalue weighted by Gasteiger charge is 2.36. The summed E-state index contributed by atoms with van der Waals surface area (Å²) in [5.74, 6) is -0.136. The zero-order valence-corrected chi connectivity index (χ0v) is 18.6. The van der Waals surface area contributed by atoms with Crippen LogP contribution in [0.2, 0.25) is 0 Å². The first-order chi connectivity index (χ1) is 12.2. The average Bonchev–Trinajstić information content (AvgIpc) is 2.91. The maximum absolute atomic E-state index is 11.6. The third-order valence-electron chi connectivity index (χ3n) is 3.74. The minimum atomic E-state index is -0.181. The monoisotopic (exact) mass is 381 g/mol. The molecular weight excluding hydrogens is 346 g/mol. The van der Waals surface area contributed by atoms with Crippen LogP contribution in [-0.4, -0.2) is 28.6 Å². The molecule has 0 aliphatic carbocycles. The molecule has 0 spiro atoms. The largest absolute Gasteiger partial charge is 0.298 e. The molecule has 1 atom stereocenters. The van der Waals surface area contributed by atoms with Crippen molar-refractivity contribution in [3.8, 4) is 0 Å². The molecule has 1 saturated heterocycles. The number of amides is 2. The highest BCUT2D eigenvalue weighted by atomic mass is 32.2. The van der Waals surface area contributed by atoms with Crippen LogP contribution < -0.4 is 4.90 Å². The lowest BCUT2D eigenvalue weighted by molar-refractivity contribution is -0.122. The maximum atomic E-state index is 11.6. The standard InChI is InChI=1S/C11H11NO2.C6H12OS.2C2H6/c1-8-7-10(13)12(11(8)14)9-5-3-2-4-6-9;1-5(7)6(2,3)8-4;2*1-2/h2-6,8H,7H2,1H3;1-4H3;2*1-2H3. The van der Waals surface area contributed by atoms with Crippen molar-refractivity contribution in [3.05, 3.63) is 30.3 Å². The smallest absolute Gasteiger partial charge is 0.237 e. The summed E-state index contributed by atoms with van der Waals surface area (Å²) < 4.78 is -0.181. The Morgan fingerprint density at radius 3 is 1.81 bits per heavy atom. The number of carbonyl (C=O) groups excluding carboxylic acids is 3. The van der Waals surface area contributed by atoms with Gasteiger partial charge in [0.2, 0.25) is 11.8 Å². The lowest BCUT2D eigenvalue weighted by Crippen LogP contribution is -2.29. The molecule has 1 aromatic rings. The van der Waals surface area contributed by atoms with Gasteiger partial charge < -0.3 is 0 Å². The number of para-hydroxylation sites is 1. The molecule has 1 fully saturated rings. The van der Waals surface area contributed by atoms with Crippen LogP contribution in [0.15, 0.2) is 30.3 Å². The molecule has 0 N–H and O–H groups in total. The summed E-state index contributed by atoms with van der Waals surface area (Å²) in [5.41, 5.74) is 0.673. The molecule has 2 amide bonds. The number of nitrogens with zero attached hydrogens (tertiary/aromatic N) is 1. The molecule has 5 heteroatoms. The molecule has 0 radical (unpaired) electrons. The van der Waals surface area contributed by atoms with E-state index in [0.717, 1.165) is 0 Å². The summed E-state index contributed by atoms with van der Waals surface area (Å²) in [6.07, 6.45) is 2.27. The van der Waals surface area contributed by atoms with Crippen molar-refractivity contribution in [1.29, 1.82) is 0 Å². The number of rotatable bonds is 3. The first-order valence-corrected chi connectivity index (χ1v) is 10.4. The Morgan fingerprint density at radius 1 is 1.08 bits per heavy atom. The minimum absolute atomic E-state index is 0.0961. The van der Waals surface area contributed by atoms with E-state index < -0.39 is 0 Å². The summed E-state index contributed by atoms with van der Waals surface area (Å²) in [5, 5.41) is 0. The molecule has 1 aliphatic heterocycles. The van der Waals surface area contributed by atoms with Gasteiger partial charge in [0.05, 0.1) is 10.4 Å². The second-order valence-corrected chi connectivity index (χ2v) is 7.21. The number of thioether (sulfide) groups is 1. The number of hydrogen-bond donors (Lipinski definition) is 0. The molecule has 4 nitrogen and oxygen atoms in total. The van der Waals surface area contributed by atoms with Crippen molar-refractivity contribution >= 4 is 35.0 Å². The zero-order chi connectivity index (χ0) is 20.9. The topological polar surface area (TPSA) is 54.5 Å². The molecule has 1 heterocycles. The fourth-order valence-corrected chi connectivity index (χ4v) is 2.06. The molecule has 148 valence electrons. The van der Waals surface area contributed by atoms with Crippen LogP contribution in [-0.2, 0) is 14.4 Å². The zero-order valence-electron chi connectivity index (χ0n) is 17.8. The number of Topliss-reactive ketones (excluding diaryl/α,β-unsaturated/α-hetero) is 1. The van der Waals surface area contributed by atoms with Crippen LogP contribution in [0, 0.1) is 5.92 Å². The molecule has 1 aliphatic rings. The normalized spacial score (nSPS) is 15.7. The Morgan fingerprint density at radius 2 is 1.54 bits per heavy atom. The summed E-state index contributed by atoms with van der Waals surface area (Å²) in [7, 11) is 0. The van der Waals surface area contributed by atoms with Crippen LogP contribution in [0.3, 0.4) is 0 Å². The Kier molecular flexibility index (Phi) is 13.9. The van der Waals surface area contributed by atoms with Gasteiger partial charge in [-0.2, -0.15) is 11.8 Å². The van der Waals surface area contributed by atoms with Crippen LogP contribution >= 0.6 is 11.8 Å². The van der Waals surface area contributed by atoms with Crippen molar-refractivity contribution in [3.63, 3.8) is 0 Å². The van der Waals surface area contributed by atoms with Gasteiger partial charge in [0.1, 0.15) is 5.78 Å². The van der Waals surface area contributed by atoms with Gasteiger partial charge in [-0.3, -0.25) is 19.3 Å². The summed E-state index contributed by atoms with van der Waals surface area (Å²) >= 11 is 1.59. The Balaban J connectivity index is 0. The van der Waals surface area contributed by atoms with Crippen molar-refractivity contribution < 1.29 is 14.4 Å². The van der Waals surface area contributed by atoms with E-state index in [2.05, 4.69) is 0 Å². The Bertz CT molecular complexity index is 556. The molecule has 0 aromatic heterocycles. The van der Waals surface area contributed by atoms with E-state index in [1.807, 2.05) is 66.0 Å². The second kappa shape index (κ2) is 13.6. The van der Waals surface area contributed by atoms with Gasteiger partial charge in [0.15, 0.2) is 0 Å². The first kappa shape index (κ1) is 26.6. The number of imide groups is 1. The second-order valence-electron chi connectivity index (χ2n) is 5.78. The third kappa shape index (κ3) is 8.17. The fourth-order valence-electron chi connectivity index (χ4n) is 1.78. The van der Waals surface area contributed by atoms with E-state index in [1.54, 1.807) is 37.7 Å². The summed E-state index contributed by atoms with van der Waals surface area (Å²) in [6.45, 7) is 15.3. The average molecular weight is 382 g/mol. The van der Waals surface area contributed by atoms with Gasteiger partial charge in [-0.05, 0) is 39.2 Å². The quantitative estimate of drug-likeness (QED) is 0.662. The predicted octanol–water partition coefficient (Wildman–Crippen LogP) is 5.36. The highest BCUT2D eigenvalue weighted by Crippen LogP contribution is 2.25. The lowest BCUT2D eigenvalue weighted by Gasteiger charge is -2.16. The van der Waals surface area contributed by atoms with Crippen LogP contribution in [0.4, 0.5) is 5.69 Å². The van der Waals surface area contributed by atoms with Crippen molar-refractivity contribution in [2.24, 2.45) is 5.92 Å². The van der Waals surface area contributed by atoms with E-state index in [4.69, 9.17) is 0 Å². The molecule has 0 saturated carbocycles. The Hall–Kier alpha value is -1.62. The fraction of sp³-hybridized carbons (Fsp3) is 0.571. The SMILES string of the molecule is CC.CC.CC1CC(=O)N(c2ccccc2)C1=O.CSC(C)(C)C(C)=O. The number of benzene rings is 1. The number of carbonyl (C=O) groups is 3. The van der Waals surface area contributed by atoms with Gasteiger partial charge in [0, 0.05) is 12.3 Å². The third-order valence-corrected chi connectivity index (χ3v) is 5.05. The maximum Gasteiger partial charge on any atom is 0.237 e. The van der Waals surface area contributed by atoms with Crippen LogP contribution in [0.25, 0.3) is 0 Å². The van der Waals surface area contributed by atoms with E-state index in [9.17, 15) is 14.4 Å². The molecule has 1 aromatic carbocycles. The summed E-state index contributed by atoms with van der Waals surface area (Å²) in [6, 6.07) is 9.04. The van der Waals surface area contributed by atoms with Gasteiger partial charge >= 0.3 is 0 Å². The minimum Gasteiger partial charge on any atom is -0.298 e. The Labute approximate surface area is 163 Å². The molecule has 2 rings (SSSR count). The predicted molar refractivity (Wildman–Crippen MR) is 114 cm³/mol. The van der Waals surface area contributed by atoms with Crippen molar-refractivity contribution in [2.75, 3.05) is 11.2 Å². The lowest BCUT2D eigenvalue weighted by atomic mass is 10.1.